The van der Waals surface area contributed by atoms with Crippen molar-refractivity contribution < 1.29 is 9.47 Å². The molecule has 1 aliphatic heterocycles. The van der Waals surface area contributed by atoms with Crippen LogP contribution in [0, 0.1) is 0 Å². The molecule has 0 aromatic heterocycles. The second-order valence-corrected chi connectivity index (χ2v) is 4.24. The molecule has 0 aromatic carbocycles. The molecule has 1 saturated carbocycles. The Balaban J connectivity index is 1.68. The largest absolute Gasteiger partial charge is 0.353 e. The van der Waals surface area contributed by atoms with Gasteiger partial charge < -0.3 is 14.4 Å². The van der Waals surface area contributed by atoms with Crippen LogP contribution in [0.4, 0.5) is 0 Å². The number of hydrogen-bond donors (Lipinski definition) is 0. The SMILES string of the molecule is CN(C)[C@@H]1C[C@@H]1O[C@H]1CCCCO1. The first-order valence-electron chi connectivity index (χ1n) is 5.21. The van der Waals surface area contributed by atoms with Crippen molar-refractivity contribution in [2.24, 2.45) is 0 Å². The molecule has 2 aliphatic rings. The molecule has 0 radical (unpaired) electrons. The van der Waals surface area contributed by atoms with Gasteiger partial charge in [0.1, 0.15) is 0 Å². The summed E-state index contributed by atoms with van der Waals surface area (Å²) < 4.78 is 11.3. The van der Waals surface area contributed by atoms with Crippen LogP contribution in [-0.2, 0) is 9.47 Å². The van der Waals surface area contributed by atoms with E-state index in [0.717, 1.165) is 13.0 Å². The maximum Gasteiger partial charge on any atom is 0.158 e. The Morgan fingerprint density at radius 2 is 2.15 bits per heavy atom. The number of rotatable bonds is 3. The van der Waals surface area contributed by atoms with E-state index in [1.807, 2.05) is 0 Å². The maximum absolute atomic E-state index is 5.81. The maximum atomic E-state index is 5.81. The molecule has 1 saturated heterocycles. The van der Waals surface area contributed by atoms with Crippen LogP contribution in [0.3, 0.4) is 0 Å². The fraction of sp³-hybridized carbons (Fsp3) is 1.00. The van der Waals surface area contributed by atoms with E-state index < -0.39 is 0 Å². The van der Waals surface area contributed by atoms with Gasteiger partial charge in [0.05, 0.1) is 6.10 Å². The van der Waals surface area contributed by atoms with Crippen LogP contribution in [0.2, 0.25) is 0 Å². The molecule has 13 heavy (non-hydrogen) atoms. The third kappa shape index (κ3) is 2.42. The Morgan fingerprint density at radius 1 is 1.31 bits per heavy atom. The minimum Gasteiger partial charge on any atom is -0.353 e. The monoisotopic (exact) mass is 185 g/mol. The fourth-order valence-electron chi connectivity index (χ4n) is 1.86. The van der Waals surface area contributed by atoms with E-state index in [1.54, 1.807) is 0 Å². The first-order valence-corrected chi connectivity index (χ1v) is 5.21. The van der Waals surface area contributed by atoms with Crippen molar-refractivity contribution in [1.29, 1.82) is 0 Å². The molecule has 3 heteroatoms. The average molecular weight is 185 g/mol. The molecule has 0 spiro atoms. The molecule has 76 valence electrons. The van der Waals surface area contributed by atoms with Crippen LogP contribution in [0.25, 0.3) is 0 Å². The van der Waals surface area contributed by atoms with Crippen LogP contribution in [0.5, 0.6) is 0 Å². The summed E-state index contributed by atoms with van der Waals surface area (Å²) in [4.78, 5) is 2.23. The standard InChI is InChI=1S/C10H19NO2/c1-11(2)8-7-9(8)13-10-5-3-4-6-12-10/h8-10H,3-7H2,1-2H3/t8-,9+,10+/m1/s1. The van der Waals surface area contributed by atoms with Crippen LogP contribution in [-0.4, -0.2) is 44.0 Å². The molecule has 3 atom stereocenters. The molecule has 1 heterocycles. The molecule has 2 fully saturated rings. The predicted molar refractivity (Wildman–Crippen MR) is 50.6 cm³/mol. The lowest BCUT2D eigenvalue weighted by Gasteiger charge is -2.23. The van der Waals surface area contributed by atoms with Crippen LogP contribution in [0.1, 0.15) is 25.7 Å². The topological polar surface area (TPSA) is 21.7 Å². The summed E-state index contributed by atoms with van der Waals surface area (Å²) in [6.07, 6.45) is 5.22. The van der Waals surface area contributed by atoms with E-state index >= 15 is 0 Å². The first-order chi connectivity index (χ1) is 6.27. The van der Waals surface area contributed by atoms with Gasteiger partial charge in [-0.2, -0.15) is 0 Å². The minimum absolute atomic E-state index is 0.0868. The number of ether oxygens (including phenoxy) is 2. The molecular weight excluding hydrogens is 166 g/mol. The van der Waals surface area contributed by atoms with Gasteiger partial charge >= 0.3 is 0 Å². The van der Waals surface area contributed by atoms with E-state index in [2.05, 4.69) is 19.0 Å². The summed E-state index contributed by atoms with van der Waals surface area (Å²) in [7, 11) is 4.21. The van der Waals surface area contributed by atoms with Crippen molar-refractivity contribution in [3.8, 4) is 0 Å². The molecule has 3 nitrogen and oxygen atoms in total. The lowest BCUT2D eigenvalue weighted by molar-refractivity contribution is -0.171. The Kier molecular flexibility index (Phi) is 2.86. The van der Waals surface area contributed by atoms with Gasteiger partial charge in [-0.05, 0) is 39.8 Å². The molecule has 0 N–H and O–H groups in total. The van der Waals surface area contributed by atoms with Crippen molar-refractivity contribution in [3.05, 3.63) is 0 Å². The lowest BCUT2D eigenvalue weighted by Crippen LogP contribution is -2.26. The number of likely N-dealkylation sites (N-methyl/N-ethyl adjacent to an activating group) is 1. The van der Waals surface area contributed by atoms with E-state index in [4.69, 9.17) is 9.47 Å². The zero-order chi connectivity index (χ0) is 9.26. The second-order valence-electron chi connectivity index (χ2n) is 4.24. The van der Waals surface area contributed by atoms with Gasteiger partial charge in [0.25, 0.3) is 0 Å². The first kappa shape index (κ1) is 9.44. The smallest absolute Gasteiger partial charge is 0.158 e. The van der Waals surface area contributed by atoms with Gasteiger partial charge in [0.2, 0.25) is 0 Å². The molecule has 2 rings (SSSR count). The predicted octanol–water partition coefficient (Wildman–Crippen LogP) is 1.23. The Hall–Kier alpha value is -0.120. The van der Waals surface area contributed by atoms with Crippen LogP contribution in [0.15, 0.2) is 0 Å². The molecule has 1 aliphatic carbocycles. The molecule has 0 amide bonds. The zero-order valence-electron chi connectivity index (χ0n) is 8.53. The average Bonchev–Trinajstić information content (AvgIpc) is 2.86. The van der Waals surface area contributed by atoms with Crippen molar-refractivity contribution >= 4 is 0 Å². The van der Waals surface area contributed by atoms with Crippen LogP contribution >= 0.6 is 0 Å². The van der Waals surface area contributed by atoms with E-state index in [9.17, 15) is 0 Å². The summed E-state index contributed by atoms with van der Waals surface area (Å²) in [6, 6.07) is 0.630. The number of hydrogen-bond acceptors (Lipinski definition) is 3. The van der Waals surface area contributed by atoms with E-state index in [1.165, 1.54) is 19.3 Å². The van der Waals surface area contributed by atoms with Gasteiger partial charge in [-0.25, -0.2) is 0 Å². The molecule has 0 bridgehead atoms. The quantitative estimate of drug-likeness (QED) is 0.660. The highest BCUT2D eigenvalue weighted by molar-refractivity contribution is 4.95. The van der Waals surface area contributed by atoms with Gasteiger partial charge in [0, 0.05) is 12.6 Å². The highest BCUT2D eigenvalue weighted by Gasteiger charge is 2.41. The number of nitrogens with zero attached hydrogens (tertiary/aromatic N) is 1. The molecular formula is C10H19NO2. The summed E-state index contributed by atoms with van der Waals surface area (Å²) in [6.45, 7) is 0.879. The van der Waals surface area contributed by atoms with Gasteiger partial charge in [0.15, 0.2) is 6.29 Å². The van der Waals surface area contributed by atoms with Crippen molar-refractivity contribution in [1.82, 2.24) is 4.90 Å². The summed E-state index contributed by atoms with van der Waals surface area (Å²) in [5.74, 6) is 0. The summed E-state index contributed by atoms with van der Waals surface area (Å²) >= 11 is 0. The second kappa shape index (κ2) is 3.95. The van der Waals surface area contributed by atoms with E-state index in [-0.39, 0.29) is 6.29 Å². The Labute approximate surface area is 80.0 Å². The van der Waals surface area contributed by atoms with Gasteiger partial charge in [-0.1, -0.05) is 0 Å². The summed E-state index contributed by atoms with van der Waals surface area (Å²) in [5, 5.41) is 0. The van der Waals surface area contributed by atoms with Gasteiger partial charge in [-0.15, -0.1) is 0 Å². The lowest BCUT2D eigenvalue weighted by atomic mass is 10.2. The third-order valence-electron chi connectivity index (χ3n) is 2.83. The summed E-state index contributed by atoms with van der Waals surface area (Å²) in [5.41, 5.74) is 0. The Morgan fingerprint density at radius 3 is 2.69 bits per heavy atom. The molecule has 0 unspecified atom stereocenters. The third-order valence-corrected chi connectivity index (χ3v) is 2.83. The highest BCUT2D eigenvalue weighted by atomic mass is 16.7. The normalized spacial score (nSPS) is 39.5. The Bertz CT molecular complexity index is 166. The van der Waals surface area contributed by atoms with Crippen LogP contribution < -0.4 is 0 Å². The highest BCUT2D eigenvalue weighted by Crippen LogP contribution is 2.32. The van der Waals surface area contributed by atoms with Crippen molar-refractivity contribution in [2.75, 3.05) is 20.7 Å². The molecule has 0 aromatic rings. The fourth-order valence-corrected chi connectivity index (χ4v) is 1.86. The van der Waals surface area contributed by atoms with Crippen molar-refractivity contribution in [2.45, 2.75) is 44.1 Å². The van der Waals surface area contributed by atoms with Crippen molar-refractivity contribution in [3.63, 3.8) is 0 Å². The van der Waals surface area contributed by atoms with E-state index in [0.29, 0.717) is 12.1 Å². The zero-order valence-corrected chi connectivity index (χ0v) is 8.53. The minimum atomic E-state index is 0.0868. The van der Waals surface area contributed by atoms with Gasteiger partial charge in [-0.3, -0.25) is 0 Å².